The number of hydrogen-bond donors (Lipinski definition) is 2. The highest BCUT2D eigenvalue weighted by atomic mass is 16.7. The van der Waals surface area contributed by atoms with Crippen molar-refractivity contribution in [3.63, 3.8) is 0 Å². The topological polar surface area (TPSA) is 59.6 Å². The van der Waals surface area contributed by atoms with E-state index in [-0.39, 0.29) is 18.7 Å². The minimum Gasteiger partial charge on any atom is -0.454 e. The van der Waals surface area contributed by atoms with E-state index in [1.54, 1.807) is 6.08 Å². The van der Waals surface area contributed by atoms with E-state index in [0.29, 0.717) is 0 Å². The zero-order chi connectivity index (χ0) is 12.4. The van der Waals surface area contributed by atoms with E-state index in [4.69, 9.17) is 9.47 Å². The molecular formula is C13H14N2O3. The molecule has 0 spiro atoms. The lowest BCUT2D eigenvalue weighted by Crippen LogP contribution is -2.56. The van der Waals surface area contributed by atoms with Crippen LogP contribution in [0.1, 0.15) is 5.56 Å². The van der Waals surface area contributed by atoms with Gasteiger partial charge in [0.2, 0.25) is 12.7 Å². The Bertz CT molecular complexity index is 495. The van der Waals surface area contributed by atoms with Gasteiger partial charge in [-0.05, 0) is 23.8 Å². The summed E-state index contributed by atoms with van der Waals surface area (Å²) in [6.07, 6.45) is 3.30. The molecule has 2 N–H and O–H groups in total. The number of rotatable bonds is 3. The number of hydrogen-bond acceptors (Lipinski definition) is 4. The second-order valence-corrected chi connectivity index (χ2v) is 4.31. The number of carbonyl (C=O) groups is 1. The van der Waals surface area contributed by atoms with Crippen LogP contribution in [0.2, 0.25) is 0 Å². The van der Waals surface area contributed by atoms with E-state index < -0.39 is 0 Å². The molecule has 0 radical (unpaired) electrons. The molecule has 0 unspecified atom stereocenters. The van der Waals surface area contributed by atoms with Crippen molar-refractivity contribution in [2.75, 3.05) is 19.9 Å². The number of benzene rings is 1. The summed E-state index contributed by atoms with van der Waals surface area (Å²) >= 11 is 0. The molecule has 0 aliphatic carbocycles. The third-order valence-electron chi connectivity index (χ3n) is 2.95. The van der Waals surface area contributed by atoms with Gasteiger partial charge in [-0.25, -0.2) is 0 Å². The summed E-state index contributed by atoms with van der Waals surface area (Å²) < 4.78 is 10.5. The van der Waals surface area contributed by atoms with E-state index in [1.165, 1.54) is 6.08 Å². The minimum atomic E-state index is -0.0702. The number of fused-ring (bicyclic) bond motifs is 1. The summed E-state index contributed by atoms with van der Waals surface area (Å²) in [4.78, 5) is 11.6. The van der Waals surface area contributed by atoms with E-state index in [2.05, 4.69) is 10.6 Å². The Hall–Kier alpha value is -2.01. The first-order chi connectivity index (χ1) is 8.81. The van der Waals surface area contributed by atoms with Crippen molar-refractivity contribution in [3.05, 3.63) is 29.8 Å². The number of carbonyl (C=O) groups excluding carboxylic acids is 1. The van der Waals surface area contributed by atoms with Gasteiger partial charge in [-0.15, -0.1) is 0 Å². The van der Waals surface area contributed by atoms with Crippen LogP contribution in [0.4, 0.5) is 0 Å². The van der Waals surface area contributed by atoms with Crippen LogP contribution in [0.5, 0.6) is 11.5 Å². The third-order valence-corrected chi connectivity index (χ3v) is 2.95. The molecule has 1 saturated heterocycles. The predicted molar refractivity (Wildman–Crippen MR) is 66.4 cm³/mol. The number of nitrogens with one attached hydrogen (secondary N) is 2. The fourth-order valence-electron chi connectivity index (χ4n) is 1.83. The van der Waals surface area contributed by atoms with Crippen molar-refractivity contribution in [1.29, 1.82) is 0 Å². The second-order valence-electron chi connectivity index (χ2n) is 4.31. The smallest absolute Gasteiger partial charge is 0.244 e. The maximum atomic E-state index is 11.6. The van der Waals surface area contributed by atoms with Gasteiger partial charge in [-0.3, -0.25) is 4.79 Å². The Morgan fingerprint density at radius 2 is 2.17 bits per heavy atom. The van der Waals surface area contributed by atoms with E-state index >= 15 is 0 Å². The molecule has 18 heavy (non-hydrogen) atoms. The molecule has 0 aromatic heterocycles. The molecule has 0 saturated carbocycles. The minimum absolute atomic E-state index is 0.0702. The van der Waals surface area contributed by atoms with E-state index in [1.807, 2.05) is 18.2 Å². The molecule has 0 bridgehead atoms. The highest BCUT2D eigenvalue weighted by Crippen LogP contribution is 2.32. The molecule has 2 heterocycles. The Labute approximate surface area is 105 Å². The highest BCUT2D eigenvalue weighted by Gasteiger charge is 2.17. The van der Waals surface area contributed by atoms with Gasteiger partial charge in [0.1, 0.15) is 0 Å². The molecule has 5 nitrogen and oxygen atoms in total. The summed E-state index contributed by atoms with van der Waals surface area (Å²) in [7, 11) is 0. The maximum Gasteiger partial charge on any atom is 0.244 e. The predicted octanol–water partition coefficient (Wildman–Crippen LogP) is 0.516. The average Bonchev–Trinajstić information content (AvgIpc) is 2.78. The van der Waals surface area contributed by atoms with Crippen molar-refractivity contribution in [3.8, 4) is 11.5 Å². The number of amides is 1. The third kappa shape index (κ3) is 2.31. The van der Waals surface area contributed by atoms with Crippen LogP contribution in [0.15, 0.2) is 24.3 Å². The van der Waals surface area contributed by atoms with Crippen molar-refractivity contribution < 1.29 is 14.3 Å². The van der Waals surface area contributed by atoms with E-state index in [9.17, 15) is 4.79 Å². The molecule has 1 amide bonds. The van der Waals surface area contributed by atoms with Gasteiger partial charge in [0.15, 0.2) is 11.5 Å². The van der Waals surface area contributed by atoms with Gasteiger partial charge in [0.05, 0.1) is 6.04 Å². The molecule has 94 valence electrons. The van der Waals surface area contributed by atoms with Gasteiger partial charge in [0, 0.05) is 19.2 Å². The lowest BCUT2D eigenvalue weighted by atomic mass is 10.1. The largest absolute Gasteiger partial charge is 0.454 e. The van der Waals surface area contributed by atoms with Crippen molar-refractivity contribution in [2.45, 2.75) is 6.04 Å². The quantitative estimate of drug-likeness (QED) is 0.763. The summed E-state index contributed by atoms with van der Waals surface area (Å²) in [5.41, 5.74) is 0.918. The first-order valence-corrected chi connectivity index (χ1v) is 5.90. The van der Waals surface area contributed by atoms with Crippen molar-refractivity contribution >= 4 is 12.0 Å². The molecule has 1 aromatic rings. The highest BCUT2D eigenvalue weighted by molar-refractivity contribution is 5.92. The maximum absolute atomic E-state index is 11.6. The van der Waals surface area contributed by atoms with Gasteiger partial charge in [0.25, 0.3) is 0 Å². The lowest BCUT2D eigenvalue weighted by Gasteiger charge is -2.27. The van der Waals surface area contributed by atoms with Gasteiger partial charge in [-0.2, -0.15) is 0 Å². The molecule has 2 aliphatic heterocycles. The van der Waals surface area contributed by atoms with Crippen LogP contribution in [-0.4, -0.2) is 31.8 Å². The van der Waals surface area contributed by atoms with Gasteiger partial charge >= 0.3 is 0 Å². The fraction of sp³-hybridized carbons (Fsp3) is 0.308. The van der Waals surface area contributed by atoms with Crippen LogP contribution >= 0.6 is 0 Å². The Morgan fingerprint density at radius 1 is 1.33 bits per heavy atom. The molecule has 5 heteroatoms. The van der Waals surface area contributed by atoms with Crippen LogP contribution < -0.4 is 20.1 Å². The Morgan fingerprint density at radius 3 is 2.94 bits per heavy atom. The SMILES string of the molecule is O=C(C=Cc1ccc2c(c1)OCO2)NC1CNC1. The molecule has 2 aliphatic rings. The molecule has 1 aromatic carbocycles. The van der Waals surface area contributed by atoms with E-state index in [0.717, 1.165) is 30.2 Å². The molecule has 3 rings (SSSR count). The van der Waals surface area contributed by atoms with Crippen molar-refractivity contribution in [1.82, 2.24) is 10.6 Å². The summed E-state index contributed by atoms with van der Waals surface area (Å²) in [5, 5.41) is 5.99. The molecule has 1 fully saturated rings. The lowest BCUT2D eigenvalue weighted by molar-refractivity contribution is -0.117. The summed E-state index contributed by atoms with van der Waals surface area (Å²) in [6, 6.07) is 5.86. The summed E-state index contributed by atoms with van der Waals surface area (Å²) in [5.74, 6) is 1.40. The molecular weight excluding hydrogens is 232 g/mol. The zero-order valence-corrected chi connectivity index (χ0v) is 9.81. The van der Waals surface area contributed by atoms with Crippen LogP contribution in [-0.2, 0) is 4.79 Å². The zero-order valence-electron chi connectivity index (χ0n) is 9.81. The monoisotopic (exact) mass is 246 g/mol. The normalized spacial score (nSPS) is 17.8. The number of ether oxygens (including phenoxy) is 2. The standard InChI is InChI=1S/C13H14N2O3/c16-13(15-10-6-14-7-10)4-2-9-1-3-11-12(5-9)18-8-17-11/h1-5,10,14H,6-8H2,(H,15,16). The Kier molecular flexibility index (Phi) is 2.90. The molecule has 0 atom stereocenters. The van der Waals surface area contributed by atoms with Gasteiger partial charge in [-0.1, -0.05) is 6.07 Å². The second kappa shape index (κ2) is 4.70. The average molecular weight is 246 g/mol. The van der Waals surface area contributed by atoms with Crippen LogP contribution in [0.25, 0.3) is 6.08 Å². The van der Waals surface area contributed by atoms with Crippen LogP contribution in [0, 0.1) is 0 Å². The Balaban J connectivity index is 1.62. The van der Waals surface area contributed by atoms with Crippen molar-refractivity contribution in [2.24, 2.45) is 0 Å². The van der Waals surface area contributed by atoms with Gasteiger partial charge < -0.3 is 20.1 Å². The van der Waals surface area contributed by atoms with Crippen LogP contribution in [0.3, 0.4) is 0 Å². The first-order valence-electron chi connectivity index (χ1n) is 5.90. The fourth-order valence-corrected chi connectivity index (χ4v) is 1.83. The summed E-state index contributed by atoms with van der Waals surface area (Å²) in [6.45, 7) is 1.96. The first kappa shape index (κ1) is 11.1.